The largest absolute Gasteiger partial charge is 0.381 e. The van der Waals surface area contributed by atoms with E-state index < -0.39 is 0 Å². The van der Waals surface area contributed by atoms with Crippen LogP contribution in [0.25, 0.3) is 11.1 Å². The third-order valence-electron chi connectivity index (χ3n) is 8.37. The Morgan fingerprint density at radius 2 is 1.48 bits per heavy atom. The number of amides is 2. The van der Waals surface area contributed by atoms with Gasteiger partial charge in [0.15, 0.2) is 0 Å². The molecule has 42 heavy (non-hydrogen) atoms. The highest BCUT2D eigenvalue weighted by molar-refractivity contribution is 6.35. The van der Waals surface area contributed by atoms with Crippen molar-refractivity contribution in [1.29, 1.82) is 0 Å². The lowest BCUT2D eigenvalue weighted by Gasteiger charge is -2.34. The molecule has 2 heterocycles. The van der Waals surface area contributed by atoms with Crippen LogP contribution in [0.5, 0.6) is 0 Å². The van der Waals surface area contributed by atoms with E-state index in [9.17, 15) is 4.79 Å². The maximum absolute atomic E-state index is 11.6. The molecule has 0 unspecified atom stereocenters. The lowest BCUT2D eigenvalue weighted by atomic mass is 9.95. The Morgan fingerprint density at radius 3 is 2.14 bits per heavy atom. The molecule has 2 aliphatic rings. The van der Waals surface area contributed by atoms with Crippen LogP contribution in [0.3, 0.4) is 0 Å². The first-order valence-corrected chi connectivity index (χ1v) is 15.6. The summed E-state index contributed by atoms with van der Waals surface area (Å²) < 4.78 is 0. The van der Waals surface area contributed by atoms with Gasteiger partial charge in [-0.3, -0.25) is 4.90 Å². The molecule has 2 aliphatic heterocycles. The van der Waals surface area contributed by atoms with E-state index in [1.54, 1.807) is 13.1 Å². The molecule has 3 aromatic rings. The van der Waals surface area contributed by atoms with E-state index in [2.05, 4.69) is 80.2 Å². The second-order valence-corrected chi connectivity index (χ2v) is 12.4. The quantitative estimate of drug-likeness (QED) is 0.271. The predicted octanol–water partition coefficient (Wildman–Crippen LogP) is 6.17. The first-order chi connectivity index (χ1) is 20.3. The number of hydrogen-bond donors (Lipinski definition) is 3. The van der Waals surface area contributed by atoms with Crippen molar-refractivity contribution in [3.8, 4) is 11.1 Å². The van der Waals surface area contributed by atoms with Crippen molar-refractivity contribution < 1.29 is 4.79 Å². The van der Waals surface area contributed by atoms with E-state index in [-0.39, 0.29) is 6.03 Å². The van der Waals surface area contributed by atoms with Crippen molar-refractivity contribution in [2.75, 3.05) is 70.1 Å². The third kappa shape index (κ3) is 8.54. The highest BCUT2D eigenvalue weighted by Gasteiger charge is 2.20. The van der Waals surface area contributed by atoms with Gasteiger partial charge in [0.2, 0.25) is 0 Å². The third-order valence-corrected chi connectivity index (χ3v) is 8.81. The van der Waals surface area contributed by atoms with Crippen molar-refractivity contribution in [2.45, 2.75) is 25.9 Å². The van der Waals surface area contributed by atoms with E-state index in [1.807, 2.05) is 12.1 Å². The minimum absolute atomic E-state index is 0.109. The minimum atomic E-state index is -0.109. The number of nitrogens with one attached hydrogen (secondary N) is 3. The summed E-state index contributed by atoms with van der Waals surface area (Å²) in [6, 6.07) is 21.2. The molecule has 0 atom stereocenters. The summed E-state index contributed by atoms with van der Waals surface area (Å²) in [5.74, 6) is 0.515. The lowest BCUT2D eigenvalue weighted by Crippen LogP contribution is -2.44. The summed E-state index contributed by atoms with van der Waals surface area (Å²) in [7, 11) is 3.83. The summed E-state index contributed by atoms with van der Waals surface area (Å²) in [5, 5.41) is 10.5. The van der Waals surface area contributed by atoms with Gasteiger partial charge in [-0.25, -0.2) is 4.79 Å². The number of benzene rings is 3. The maximum atomic E-state index is 11.6. The molecule has 0 saturated carbocycles. The van der Waals surface area contributed by atoms with E-state index in [0.717, 1.165) is 88.6 Å². The monoisotopic (exact) mass is 608 g/mol. The van der Waals surface area contributed by atoms with Crippen LogP contribution in [-0.2, 0) is 13.1 Å². The fourth-order valence-electron chi connectivity index (χ4n) is 5.83. The van der Waals surface area contributed by atoms with Crippen molar-refractivity contribution in [2.24, 2.45) is 5.92 Å². The Labute approximate surface area is 260 Å². The van der Waals surface area contributed by atoms with Gasteiger partial charge >= 0.3 is 6.03 Å². The average Bonchev–Trinajstić information content (AvgIpc) is 2.99. The van der Waals surface area contributed by atoms with Crippen molar-refractivity contribution in [3.63, 3.8) is 0 Å². The minimum Gasteiger partial charge on any atom is -0.381 e. The van der Waals surface area contributed by atoms with Gasteiger partial charge in [-0.15, -0.1) is 0 Å². The van der Waals surface area contributed by atoms with E-state index in [4.69, 9.17) is 23.2 Å². The molecule has 2 amide bonds. The Bertz CT molecular complexity index is 1310. The molecule has 5 rings (SSSR count). The van der Waals surface area contributed by atoms with Gasteiger partial charge in [-0.2, -0.15) is 0 Å². The van der Waals surface area contributed by atoms with Crippen LogP contribution < -0.4 is 20.9 Å². The van der Waals surface area contributed by atoms with Crippen molar-refractivity contribution >= 4 is 40.6 Å². The number of nitrogens with zero attached hydrogens (tertiary/aromatic N) is 3. The Balaban J connectivity index is 1.26. The van der Waals surface area contributed by atoms with Crippen LogP contribution in [0.1, 0.15) is 24.0 Å². The zero-order valence-electron chi connectivity index (χ0n) is 24.6. The molecule has 0 aliphatic carbocycles. The van der Waals surface area contributed by atoms with E-state index in [0.29, 0.717) is 16.0 Å². The number of piperidine rings is 1. The Morgan fingerprint density at radius 1 is 0.833 bits per heavy atom. The number of anilines is 2. The topological polar surface area (TPSA) is 62.9 Å². The van der Waals surface area contributed by atoms with Crippen LogP contribution in [0.2, 0.25) is 10.0 Å². The Kier molecular flexibility index (Phi) is 10.5. The van der Waals surface area contributed by atoms with Gasteiger partial charge in [-0.05, 0) is 116 Å². The fraction of sp³-hybridized carbons (Fsp3) is 0.424. The first-order valence-electron chi connectivity index (χ1n) is 14.9. The van der Waals surface area contributed by atoms with Crippen LogP contribution in [0.4, 0.5) is 16.2 Å². The number of rotatable bonds is 9. The molecule has 9 heteroatoms. The van der Waals surface area contributed by atoms with Gasteiger partial charge < -0.3 is 25.8 Å². The highest BCUT2D eigenvalue weighted by Crippen LogP contribution is 2.30. The average molecular weight is 610 g/mol. The lowest BCUT2D eigenvalue weighted by molar-refractivity contribution is 0.175. The summed E-state index contributed by atoms with van der Waals surface area (Å²) in [6.07, 6.45) is 2.15. The molecular formula is C33H42Cl2N6O. The van der Waals surface area contributed by atoms with Gasteiger partial charge in [-0.1, -0.05) is 29.3 Å². The molecule has 224 valence electrons. The van der Waals surface area contributed by atoms with E-state index >= 15 is 0 Å². The Hall–Kier alpha value is -2.97. The molecule has 2 fully saturated rings. The second-order valence-electron chi connectivity index (χ2n) is 11.6. The smallest absolute Gasteiger partial charge is 0.314 e. The number of carbonyl (C=O) groups is 1. The summed E-state index contributed by atoms with van der Waals surface area (Å²) in [4.78, 5) is 18.9. The zero-order chi connectivity index (χ0) is 29.5. The number of carbonyl (C=O) groups excluding carboxylic acids is 1. The summed E-state index contributed by atoms with van der Waals surface area (Å²) >= 11 is 12.8. The first kappa shape index (κ1) is 30.5. The van der Waals surface area contributed by atoms with Crippen LogP contribution >= 0.6 is 23.2 Å². The molecule has 0 aromatic heterocycles. The molecule has 3 aromatic carbocycles. The van der Waals surface area contributed by atoms with E-state index in [1.165, 1.54) is 16.8 Å². The molecule has 3 N–H and O–H groups in total. The summed E-state index contributed by atoms with van der Waals surface area (Å²) in [6.45, 7) is 8.69. The van der Waals surface area contributed by atoms with Gasteiger partial charge in [0.05, 0.1) is 0 Å². The van der Waals surface area contributed by atoms with Crippen molar-refractivity contribution in [1.82, 2.24) is 20.4 Å². The molecular weight excluding hydrogens is 567 g/mol. The molecule has 2 saturated heterocycles. The number of likely N-dealkylation sites (tertiary alicyclic amines) is 1. The fourth-order valence-corrected chi connectivity index (χ4v) is 6.36. The van der Waals surface area contributed by atoms with Crippen LogP contribution in [0, 0.1) is 5.92 Å². The number of halogens is 2. The van der Waals surface area contributed by atoms with Gasteiger partial charge in [0.25, 0.3) is 0 Å². The summed E-state index contributed by atoms with van der Waals surface area (Å²) in [5.41, 5.74) is 7.01. The molecule has 7 nitrogen and oxygen atoms in total. The number of urea groups is 1. The predicted molar refractivity (Wildman–Crippen MR) is 176 cm³/mol. The zero-order valence-corrected chi connectivity index (χ0v) is 26.1. The van der Waals surface area contributed by atoms with Crippen LogP contribution in [-0.4, -0.2) is 75.7 Å². The normalized spacial score (nSPS) is 16.8. The standard InChI is InChI=1S/C33H42Cl2N6O/c1-36-33(42)38-21-24-7-9-40(10-8-24)23-26-15-25(16-27(17-26)28-18-29(34)20-30(35)19-28)22-37-31-3-5-32(6-4-31)41-13-11-39(2)12-14-41/h3-6,15-20,24,37H,7-14,21-23H2,1-2H3,(H2,36,38,42). The van der Waals surface area contributed by atoms with Crippen molar-refractivity contribution in [3.05, 3.63) is 81.8 Å². The molecule has 0 spiro atoms. The highest BCUT2D eigenvalue weighted by atomic mass is 35.5. The molecule has 0 radical (unpaired) electrons. The SMILES string of the molecule is CNC(=O)NCC1CCN(Cc2cc(CNc3ccc(N4CCN(C)CC4)cc3)cc(-c3cc(Cl)cc(Cl)c3)c2)CC1. The second kappa shape index (κ2) is 14.5. The maximum Gasteiger partial charge on any atom is 0.314 e. The van der Waals surface area contributed by atoms with Gasteiger partial charge in [0.1, 0.15) is 0 Å². The molecule has 0 bridgehead atoms. The number of likely N-dealkylation sites (N-methyl/N-ethyl adjacent to an activating group) is 1. The van der Waals surface area contributed by atoms with Crippen LogP contribution in [0.15, 0.2) is 60.7 Å². The van der Waals surface area contributed by atoms with Gasteiger partial charge in [0, 0.05) is 74.3 Å². The number of piperazine rings is 1. The number of hydrogen-bond acceptors (Lipinski definition) is 5.